The van der Waals surface area contributed by atoms with Gasteiger partial charge in [0.15, 0.2) is 0 Å². The number of hydrogen-bond acceptors (Lipinski definition) is 3. The summed E-state index contributed by atoms with van der Waals surface area (Å²) >= 11 is 5.25. The molecule has 0 saturated heterocycles. The minimum Gasteiger partial charge on any atom is -0.314 e. The molecule has 0 unspecified atom stereocenters. The number of halogens is 1. The van der Waals surface area contributed by atoms with Crippen molar-refractivity contribution >= 4 is 27.3 Å². The molecule has 0 spiro atoms. The molecule has 0 amide bonds. The van der Waals surface area contributed by atoms with Gasteiger partial charge in [-0.05, 0) is 54.0 Å². The molecule has 0 aliphatic rings. The second-order valence-electron chi connectivity index (χ2n) is 4.07. The second-order valence-corrected chi connectivity index (χ2v) is 6.39. The lowest BCUT2D eigenvalue weighted by atomic mass is 10.1. The van der Waals surface area contributed by atoms with Crippen molar-refractivity contribution in [3.63, 3.8) is 0 Å². The Balaban J connectivity index is 2.39. The van der Waals surface area contributed by atoms with E-state index in [1.165, 1.54) is 16.7 Å². The summed E-state index contributed by atoms with van der Waals surface area (Å²) in [6, 6.07) is 6.48. The first kappa shape index (κ1) is 12.7. The van der Waals surface area contributed by atoms with Crippen LogP contribution < -0.4 is 5.32 Å². The van der Waals surface area contributed by atoms with Gasteiger partial charge in [-0.2, -0.15) is 0 Å². The van der Waals surface area contributed by atoms with Crippen LogP contribution in [0.5, 0.6) is 0 Å². The van der Waals surface area contributed by atoms with Crippen molar-refractivity contribution in [2.75, 3.05) is 7.05 Å². The van der Waals surface area contributed by atoms with Crippen molar-refractivity contribution in [2.45, 2.75) is 20.4 Å². The van der Waals surface area contributed by atoms with Crippen LogP contribution in [-0.4, -0.2) is 12.0 Å². The van der Waals surface area contributed by atoms with Gasteiger partial charge in [0.05, 0.1) is 9.48 Å². The number of aryl methyl sites for hydroxylation is 2. The summed E-state index contributed by atoms with van der Waals surface area (Å²) < 4.78 is 1.11. The number of thiazole rings is 1. The van der Waals surface area contributed by atoms with Gasteiger partial charge in [-0.3, -0.25) is 0 Å². The maximum atomic E-state index is 4.65. The van der Waals surface area contributed by atoms with Gasteiger partial charge in [-0.15, -0.1) is 11.3 Å². The highest BCUT2D eigenvalue weighted by atomic mass is 79.9. The zero-order valence-electron chi connectivity index (χ0n) is 10.2. The fourth-order valence-corrected chi connectivity index (χ4v) is 3.10. The summed E-state index contributed by atoms with van der Waals surface area (Å²) in [5.41, 5.74) is 4.90. The van der Waals surface area contributed by atoms with Gasteiger partial charge >= 0.3 is 0 Å². The molecule has 17 heavy (non-hydrogen) atoms. The Kier molecular flexibility index (Phi) is 3.97. The molecule has 1 N–H and O–H groups in total. The summed E-state index contributed by atoms with van der Waals surface area (Å²) in [5, 5.41) is 4.20. The van der Waals surface area contributed by atoms with Crippen molar-refractivity contribution in [1.29, 1.82) is 0 Å². The summed E-state index contributed by atoms with van der Waals surface area (Å²) in [6.45, 7) is 5.06. The van der Waals surface area contributed by atoms with Crippen LogP contribution in [0.3, 0.4) is 0 Å². The summed E-state index contributed by atoms with van der Waals surface area (Å²) in [7, 11) is 1.93. The molecule has 0 aliphatic heterocycles. The summed E-state index contributed by atoms with van der Waals surface area (Å²) in [5.74, 6) is 0. The van der Waals surface area contributed by atoms with E-state index in [0.29, 0.717) is 0 Å². The predicted octanol–water partition coefficient (Wildman–Crippen LogP) is 3.91. The van der Waals surface area contributed by atoms with Crippen LogP contribution in [0, 0.1) is 13.8 Å². The van der Waals surface area contributed by atoms with E-state index < -0.39 is 0 Å². The number of aromatic nitrogens is 1. The number of benzene rings is 1. The van der Waals surface area contributed by atoms with Crippen LogP contribution in [-0.2, 0) is 6.54 Å². The molecule has 0 saturated carbocycles. The standard InChI is InChI=1S/C13H15BrN2S/c1-8-4-5-10(6-9(8)2)13-16-11(7-15-3)12(14)17-13/h4-6,15H,7H2,1-3H3. The van der Waals surface area contributed by atoms with E-state index in [9.17, 15) is 0 Å². The van der Waals surface area contributed by atoms with Crippen LogP contribution in [0.1, 0.15) is 16.8 Å². The van der Waals surface area contributed by atoms with Crippen molar-refractivity contribution in [3.8, 4) is 10.6 Å². The third-order valence-electron chi connectivity index (χ3n) is 2.75. The lowest BCUT2D eigenvalue weighted by Gasteiger charge is -2.01. The van der Waals surface area contributed by atoms with Crippen molar-refractivity contribution < 1.29 is 0 Å². The van der Waals surface area contributed by atoms with Gasteiger partial charge in [0, 0.05) is 12.1 Å². The van der Waals surface area contributed by atoms with E-state index in [1.54, 1.807) is 11.3 Å². The van der Waals surface area contributed by atoms with E-state index in [0.717, 1.165) is 21.0 Å². The molecule has 0 radical (unpaired) electrons. The minimum absolute atomic E-state index is 0.794. The van der Waals surface area contributed by atoms with Crippen molar-refractivity contribution in [1.82, 2.24) is 10.3 Å². The smallest absolute Gasteiger partial charge is 0.124 e. The van der Waals surface area contributed by atoms with Crippen LogP contribution >= 0.6 is 27.3 Å². The van der Waals surface area contributed by atoms with E-state index in [4.69, 9.17) is 0 Å². The maximum absolute atomic E-state index is 4.65. The molecule has 4 heteroatoms. The van der Waals surface area contributed by atoms with Crippen LogP contribution in [0.2, 0.25) is 0 Å². The van der Waals surface area contributed by atoms with Gasteiger partial charge in [-0.25, -0.2) is 4.98 Å². The Morgan fingerprint density at radius 1 is 1.29 bits per heavy atom. The lowest BCUT2D eigenvalue weighted by Crippen LogP contribution is -2.05. The topological polar surface area (TPSA) is 24.9 Å². The van der Waals surface area contributed by atoms with E-state index in [2.05, 4.69) is 58.3 Å². The Hall–Kier alpha value is -0.710. The first-order chi connectivity index (χ1) is 8.11. The van der Waals surface area contributed by atoms with Crippen LogP contribution in [0.4, 0.5) is 0 Å². The molecule has 1 heterocycles. The maximum Gasteiger partial charge on any atom is 0.124 e. The lowest BCUT2D eigenvalue weighted by molar-refractivity contribution is 0.795. The number of nitrogens with zero attached hydrogens (tertiary/aromatic N) is 1. The Labute approximate surface area is 114 Å². The van der Waals surface area contributed by atoms with Gasteiger partial charge in [0.25, 0.3) is 0 Å². The highest BCUT2D eigenvalue weighted by Gasteiger charge is 2.10. The summed E-state index contributed by atoms with van der Waals surface area (Å²) in [6.07, 6.45) is 0. The van der Waals surface area contributed by atoms with E-state index in [1.807, 2.05) is 7.05 Å². The molecule has 0 fully saturated rings. The largest absolute Gasteiger partial charge is 0.314 e. The molecule has 2 aromatic rings. The van der Waals surface area contributed by atoms with Gasteiger partial charge in [-0.1, -0.05) is 12.1 Å². The molecule has 1 aromatic heterocycles. The number of hydrogen-bond donors (Lipinski definition) is 1. The van der Waals surface area contributed by atoms with Crippen LogP contribution in [0.15, 0.2) is 22.0 Å². The van der Waals surface area contributed by atoms with E-state index in [-0.39, 0.29) is 0 Å². The molecule has 90 valence electrons. The molecule has 0 aliphatic carbocycles. The first-order valence-electron chi connectivity index (χ1n) is 5.49. The van der Waals surface area contributed by atoms with Gasteiger partial charge in [0.2, 0.25) is 0 Å². The monoisotopic (exact) mass is 310 g/mol. The molecule has 0 atom stereocenters. The highest BCUT2D eigenvalue weighted by molar-refractivity contribution is 9.11. The predicted molar refractivity (Wildman–Crippen MR) is 77.5 cm³/mol. The first-order valence-corrected chi connectivity index (χ1v) is 7.10. The van der Waals surface area contributed by atoms with Crippen molar-refractivity contribution in [2.24, 2.45) is 0 Å². The SMILES string of the molecule is CNCc1nc(-c2ccc(C)c(C)c2)sc1Br. The second kappa shape index (κ2) is 5.29. The molecular formula is C13H15BrN2S. The summed E-state index contributed by atoms with van der Waals surface area (Å²) in [4.78, 5) is 4.65. The molecule has 2 nitrogen and oxygen atoms in total. The Morgan fingerprint density at radius 3 is 2.71 bits per heavy atom. The third-order valence-corrected chi connectivity index (χ3v) is 4.63. The molecular weight excluding hydrogens is 296 g/mol. The molecule has 2 rings (SSSR count). The van der Waals surface area contributed by atoms with E-state index >= 15 is 0 Å². The fraction of sp³-hybridized carbons (Fsp3) is 0.308. The highest BCUT2D eigenvalue weighted by Crippen LogP contribution is 2.32. The zero-order chi connectivity index (χ0) is 12.4. The van der Waals surface area contributed by atoms with Crippen LogP contribution in [0.25, 0.3) is 10.6 Å². The molecule has 0 bridgehead atoms. The fourth-order valence-electron chi connectivity index (χ4n) is 1.61. The zero-order valence-corrected chi connectivity index (χ0v) is 12.6. The quantitative estimate of drug-likeness (QED) is 0.929. The Morgan fingerprint density at radius 2 is 2.06 bits per heavy atom. The Bertz CT molecular complexity index is 534. The molecule has 1 aromatic carbocycles. The average Bonchev–Trinajstić information content (AvgIpc) is 2.65. The van der Waals surface area contributed by atoms with Gasteiger partial charge in [0.1, 0.15) is 5.01 Å². The van der Waals surface area contributed by atoms with Crippen molar-refractivity contribution in [3.05, 3.63) is 38.8 Å². The minimum atomic E-state index is 0.794. The average molecular weight is 311 g/mol. The number of rotatable bonds is 3. The number of nitrogens with one attached hydrogen (secondary N) is 1. The normalized spacial score (nSPS) is 10.8. The van der Waals surface area contributed by atoms with Gasteiger partial charge < -0.3 is 5.32 Å². The third kappa shape index (κ3) is 2.76.